The molecule has 3 aromatic rings. The first-order chi connectivity index (χ1) is 12.8. The van der Waals surface area contributed by atoms with Gasteiger partial charge < -0.3 is 10.2 Å². The Morgan fingerprint density at radius 2 is 2.23 bits per heavy atom. The summed E-state index contributed by atoms with van der Waals surface area (Å²) in [5, 5.41) is 11.0. The Bertz CT molecular complexity index is 924. The lowest BCUT2D eigenvalue weighted by atomic mass is 10.1. The van der Waals surface area contributed by atoms with Crippen LogP contribution < -0.4 is 5.32 Å². The minimum Gasteiger partial charge on any atom is -0.382 e. The molecule has 0 aliphatic carbocycles. The molecule has 0 radical (unpaired) electrons. The first-order valence-electron chi connectivity index (χ1n) is 8.15. The molecule has 4 rings (SSSR count). The van der Waals surface area contributed by atoms with Gasteiger partial charge in [-0.15, -0.1) is 0 Å². The molecule has 1 N–H and O–H groups in total. The van der Waals surface area contributed by atoms with E-state index in [0.717, 1.165) is 16.8 Å². The van der Waals surface area contributed by atoms with Gasteiger partial charge in [-0.05, 0) is 35.9 Å². The summed E-state index contributed by atoms with van der Waals surface area (Å²) in [4.78, 5) is 25.9. The molecule has 1 unspecified atom stereocenters. The van der Waals surface area contributed by atoms with Gasteiger partial charge in [-0.3, -0.25) is 9.78 Å². The van der Waals surface area contributed by atoms with Crippen LogP contribution in [-0.2, 0) is 16.2 Å². The highest BCUT2D eigenvalue weighted by atomic mass is 16.6. The summed E-state index contributed by atoms with van der Waals surface area (Å²) < 4.78 is 1.67. The van der Waals surface area contributed by atoms with E-state index >= 15 is 0 Å². The number of amides is 1. The molecule has 8 nitrogen and oxygen atoms in total. The molecule has 1 amide bonds. The van der Waals surface area contributed by atoms with Crippen LogP contribution in [0.5, 0.6) is 0 Å². The first-order valence-corrected chi connectivity index (χ1v) is 8.15. The second-order valence-corrected chi connectivity index (χ2v) is 5.77. The van der Waals surface area contributed by atoms with Gasteiger partial charge in [0.1, 0.15) is 0 Å². The van der Waals surface area contributed by atoms with E-state index < -0.39 is 6.10 Å². The van der Waals surface area contributed by atoms with Crippen LogP contribution in [0.1, 0.15) is 17.5 Å². The van der Waals surface area contributed by atoms with Crippen molar-refractivity contribution in [2.75, 3.05) is 0 Å². The topological polar surface area (TPSA) is 94.3 Å². The van der Waals surface area contributed by atoms with Gasteiger partial charge in [0, 0.05) is 49.5 Å². The van der Waals surface area contributed by atoms with Gasteiger partial charge >= 0.3 is 0 Å². The molecular weight excluding hydrogens is 332 g/mol. The standard InChI is InChI=1S/C18H16N6O2/c25-18(16-10-15(23-26-16)14-3-1-5-19-12-14)21-11-13-4-7-20-17(9-13)24-8-2-6-22-24/h1-9,12,16H,10-11H2,(H,21,25). The zero-order chi connectivity index (χ0) is 17.8. The minimum absolute atomic E-state index is 0.204. The molecule has 3 aromatic heterocycles. The average molecular weight is 348 g/mol. The minimum atomic E-state index is -0.627. The van der Waals surface area contributed by atoms with Crippen molar-refractivity contribution in [2.45, 2.75) is 19.1 Å². The summed E-state index contributed by atoms with van der Waals surface area (Å²) in [7, 11) is 0. The summed E-state index contributed by atoms with van der Waals surface area (Å²) >= 11 is 0. The molecule has 0 bridgehead atoms. The maximum absolute atomic E-state index is 12.4. The molecule has 0 saturated carbocycles. The third kappa shape index (κ3) is 3.44. The largest absolute Gasteiger partial charge is 0.382 e. The van der Waals surface area contributed by atoms with Gasteiger partial charge in [0.05, 0.1) is 5.71 Å². The van der Waals surface area contributed by atoms with E-state index in [1.807, 2.05) is 36.5 Å². The SMILES string of the molecule is O=C(NCc1ccnc(-n2cccn2)c1)C1CC(c2cccnc2)=NO1. The highest BCUT2D eigenvalue weighted by Crippen LogP contribution is 2.16. The number of carbonyl (C=O) groups is 1. The van der Waals surface area contributed by atoms with Crippen molar-refractivity contribution in [1.29, 1.82) is 0 Å². The van der Waals surface area contributed by atoms with Crippen LogP contribution in [0.2, 0.25) is 0 Å². The Kier molecular flexibility index (Phi) is 4.38. The number of carbonyl (C=O) groups excluding carboxylic acids is 1. The van der Waals surface area contributed by atoms with E-state index in [4.69, 9.17) is 4.84 Å². The van der Waals surface area contributed by atoms with Crippen LogP contribution in [0.4, 0.5) is 0 Å². The molecule has 0 aromatic carbocycles. The summed E-state index contributed by atoms with van der Waals surface area (Å²) in [6.45, 7) is 0.373. The van der Waals surface area contributed by atoms with Crippen molar-refractivity contribution in [2.24, 2.45) is 5.16 Å². The lowest BCUT2D eigenvalue weighted by Gasteiger charge is -2.10. The quantitative estimate of drug-likeness (QED) is 0.753. The van der Waals surface area contributed by atoms with E-state index in [1.54, 1.807) is 29.5 Å². The molecule has 0 saturated heterocycles. The van der Waals surface area contributed by atoms with Gasteiger partial charge in [-0.25, -0.2) is 9.67 Å². The predicted octanol–water partition coefficient (Wildman–Crippen LogP) is 1.47. The zero-order valence-corrected chi connectivity index (χ0v) is 13.8. The third-order valence-electron chi connectivity index (χ3n) is 3.97. The monoisotopic (exact) mass is 348 g/mol. The number of rotatable bonds is 5. The summed E-state index contributed by atoms with van der Waals surface area (Å²) in [6.07, 6.45) is 8.38. The lowest BCUT2D eigenvalue weighted by Crippen LogP contribution is -2.34. The van der Waals surface area contributed by atoms with Crippen LogP contribution in [0, 0.1) is 0 Å². The number of aromatic nitrogens is 4. The maximum Gasteiger partial charge on any atom is 0.264 e. The molecule has 1 aliphatic rings. The highest BCUT2D eigenvalue weighted by molar-refractivity contribution is 6.03. The van der Waals surface area contributed by atoms with Crippen LogP contribution in [-0.4, -0.2) is 37.5 Å². The fourth-order valence-electron chi connectivity index (χ4n) is 2.63. The van der Waals surface area contributed by atoms with E-state index in [0.29, 0.717) is 18.8 Å². The molecule has 1 atom stereocenters. The van der Waals surface area contributed by atoms with E-state index in [2.05, 4.69) is 25.5 Å². The molecule has 130 valence electrons. The summed E-state index contributed by atoms with van der Waals surface area (Å²) in [6, 6.07) is 9.27. The third-order valence-corrected chi connectivity index (χ3v) is 3.97. The van der Waals surface area contributed by atoms with Crippen molar-refractivity contribution >= 4 is 11.6 Å². The number of nitrogens with zero attached hydrogens (tertiary/aromatic N) is 5. The smallest absolute Gasteiger partial charge is 0.264 e. The molecule has 26 heavy (non-hydrogen) atoms. The Hall–Kier alpha value is -3.55. The van der Waals surface area contributed by atoms with Crippen LogP contribution in [0.25, 0.3) is 5.82 Å². The number of nitrogens with one attached hydrogen (secondary N) is 1. The summed E-state index contributed by atoms with van der Waals surface area (Å²) in [5.74, 6) is 0.492. The number of oxime groups is 1. The molecule has 0 spiro atoms. The number of hydrogen-bond acceptors (Lipinski definition) is 6. The Labute approximate surface area is 149 Å². The van der Waals surface area contributed by atoms with Gasteiger partial charge in [0.25, 0.3) is 5.91 Å². The van der Waals surface area contributed by atoms with E-state index in [1.165, 1.54) is 0 Å². The lowest BCUT2D eigenvalue weighted by molar-refractivity contribution is -0.131. The Morgan fingerprint density at radius 1 is 1.27 bits per heavy atom. The van der Waals surface area contributed by atoms with Crippen LogP contribution >= 0.6 is 0 Å². The van der Waals surface area contributed by atoms with Crippen molar-refractivity contribution in [3.05, 3.63) is 72.4 Å². The first kappa shape index (κ1) is 15.9. The highest BCUT2D eigenvalue weighted by Gasteiger charge is 2.28. The van der Waals surface area contributed by atoms with Crippen LogP contribution in [0.15, 0.2) is 66.5 Å². The fourth-order valence-corrected chi connectivity index (χ4v) is 2.63. The Morgan fingerprint density at radius 3 is 3.04 bits per heavy atom. The van der Waals surface area contributed by atoms with E-state index in [9.17, 15) is 4.79 Å². The second kappa shape index (κ2) is 7.14. The van der Waals surface area contributed by atoms with Crippen LogP contribution in [0.3, 0.4) is 0 Å². The maximum atomic E-state index is 12.4. The molecule has 1 aliphatic heterocycles. The summed E-state index contributed by atoms with van der Waals surface area (Å²) in [5.41, 5.74) is 2.51. The molecule has 0 fully saturated rings. The fraction of sp³-hybridized carbons (Fsp3) is 0.167. The van der Waals surface area contributed by atoms with Crippen molar-refractivity contribution in [1.82, 2.24) is 25.1 Å². The van der Waals surface area contributed by atoms with Crippen molar-refractivity contribution in [3.63, 3.8) is 0 Å². The van der Waals surface area contributed by atoms with Gasteiger partial charge in [-0.1, -0.05) is 5.16 Å². The molecular formula is C18H16N6O2. The van der Waals surface area contributed by atoms with Crippen molar-refractivity contribution < 1.29 is 9.63 Å². The average Bonchev–Trinajstić information content (AvgIpc) is 3.39. The number of hydrogen-bond donors (Lipinski definition) is 1. The molecule has 4 heterocycles. The van der Waals surface area contributed by atoms with Gasteiger partial charge in [-0.2, -0.15) is 5.10 Å². The number of pyridine rings is 2. The normalized spacial score (nSPS) is 16.0. The van der Waals surface area contributed by atoms with Crippen molar-refractivity contribution in [3.8, 4) is 5.82 Å². The van der Waals surface area contributed by atoms with E-state index in [-0.39, 0.29) is 5.91 Å². The van der Waals surface area contributed by atoms with Gasteiger partial charge in [0.2, 0.25) is 6.10 Å². The molecule has 8 heteroatoms. The zero-order valence-electron chi connectivity index (χ0n) is 13.8. The van der Waals surface area contributed by atoms with Gasteiger partial charge in [0.15, 0.2) is 5.82 Å². The Balaban J connectivity index is 1.35. The predicted molar refractivity (Wildman–Crippen MR) is 93.5 cm³/mol. The second-order valence-electron chi connectivity index (χ2n) is 5.77.